The van der Waals surface area contributed by atoms with Crippen LogP contribution < -0.4 is 21.3 Å². The Bertz CT molecular complexity index is 3330. The minimum Gasteiger partial charge on any atom is -0.481 e. The van der Waals surface area contributed by atoms with Gasteiger partial charge in [0.15, 0.2) is 23.1 Å². The van der Waals surface area contributed by atoms with Gasteiger partial charge in [-0.25, -0.2) is 4.79 Å². The van der Waals surface area contributed by atoms with Crippen LogP contribution in [-0.2, 0) is 60.8 Å². The van der Waals surface area contributed by atoms with Crippen molar-refractivity contribution in [1.29, 1.82) is 0 Å². The van der Waals surface area contributed by atoms with Crippen molar-refractivity contribution in [2.75, 3.05) is 6.54 Å². The van der Waals surface area contributed by atoms with E-state index in [-0.39, 0.29) is 56.1 Å². The van der Waals surface area contributed by atoms with Gasteiger partial charge in [0.1, 0.15) is 6.04 Å². The van der Waals surface area contributed by atoms with Crippen LogP contribution in [0.5, 0.6) is 0 Å². The number of benzene rings is 2. The van der Waals surface area contributed by atoms with Gasteiger partial charge in [-0.2, -0.15) is 0 Å². The van der Waals surface area contributed by atoms with Gasteiger partial charge >= 0.3 is 23.9 Å². The van der Waals surface area contributed by atoms with Gasteiger partial charge in [-0.15, -0.1) is 45.3 Å². The Kier molecular flexibility index (Phi) is 25.7. The lowest BCUT2D eigenvalue weighted by Gasteiger charge is -2.21. The molecule has 0 spiro atoms. The minimum absolute atomic E-state index is 0.0473. The van der Waals surface area contributed by atoms with Crippen LogP contribution in [0.15, 0.2) is 109 Å². The summed E-state index contributed by atoms with van der Waals surface area (Å²) in [7, 11) is 0. The SMILES string of the molecule is CCC(=O)N[C@@H](C)C(=O)CC(Cc1ccccc1)C(=O)N[C@@H](CC(=O)O)C(=O)O.CCC(=O)c1ccc(-c2ccc(-c3ccc(-c4ccc(C(=O)NCC(=O)C[C@@H](C)C(=O)NC(Cc5ccccc5)C(=O)C[C@@H](CC(=O)O)C(=O)O)s4)s3)s2)s1. The molecule has 2 aromatic carbocycles. The number of carboxylic acid groups (broad SMARTS) is 4. The molecule has 8 N–H and O–H groups in total. The Balaban J connectivity index is 0.000000376. The number of Topliss-reactive ketones (excluding diaryl/α,β-unsaturated/α-hetero) is 4. The molecule has 0 saturated heterocycles. The number of hydrogen-bond donors (Lipinski definition) is 8. The van der Waals surface area contributed by atoms with Crippen LogP contribution in [0.4, 0.5) is 0 Å². The topological polar surface area (TPSA) is 334 Å². The highest BCUT2D eigenvalue weighted by Crippen LogP contribution is 2.43. The number of hydrogen-bond acceptors (Lipinski definition) is 16. The van der Waals surface area contributed by atoms with Crippen molar-refractivity contribution >= 4 is 116 Å². The zero-order valence-corrected chi connectivity index (χ0v) is 49.5. The lowest BCUT2D eigenvalue weighted by molar-refractivity contribution is -0.149. The van der Waals surface area contributed by atoms with Crippen molar-refractivity contribution in [2.45, 2.75) is 104 Å². The monoisotopic (exact) mass is 1220 g/mol. The molecule has 444 valence electrons. The standard InChI is InChI=1S/C40H38N2O9S4.C20H26N2O7/c1-3-27(44)29-9-10-30(52-29)31-11-12-32(53-31)33-13-14-34(54-33)35-15-16-36(55-35)39(49)41-21-25(43)17-22(2)38(48)42-26(18-23-7-5-4-6-8-23)28(45)19-24(40(50)51)20-37(46)47;1-3-17(24)21-12(2)16(23)10-14(9-13-7-5-4-6-8-13)19(27)22-15(20(28)29)11-18(25)26/h4-16,22,24,26H,3,17-21H2,1-2H3,(H,41,49)(H,42,48)(H,46,47)(H,50,51);4-8,12,14-15H,3,9-11H2,1-2H3,(H,21,24)(H,22,27)(H,25,26)(H,28,29)/t22-,24+,26?;12-,14?,15-/m10/s1. The molecule has 0 bridgehead atoms. The van der Waals surface area contributed by atoms with E-state index in [0.29, 0.717) is 16.9 Å². The van der Waals surface area contributed by atoms with Crippen molar-refractivity contribution < 1.29 is 78.0 Å². The second kappa shape index (κ2) is 32.5. The van der Waals surface area contributed by atoms with Crippen molar-refractivity contribution in [3.63, 3.8) is 0 Å². The van der Waals surface area contributed by atoms with E-state index in [1.807, 2.05) is 37.3 Å². The van der Waals surface area contributed by atoms with E-state index in [4.69, 9.17) is 15.3 Å². The molecule has 6 atom stereocenters. The number of rotatable bonds is 32. The molecule has 6 rings (SSSR count). The van der Waals surface area contributed by atoms with Gasteiger partial charge in [0, 0.05) is 73.2 Å². The number of amides is 4. The third kappa shape index (κ3) is 20.8. The number of carbonyl (C=O) groups excluding carboxylic acids is 8. The molecule has 6 aromatic rings. The molecule has 0 aliphatic rings. The largest absolute Gasteiger partial charge is 0.481 e. The summed E-state index contributed by atoms with van der Waals surface area (Å²) in [4.78, 5) is 153. The van der Waals surface area contributed by atoms with Crippen LogP contribution in [0.2, 0.25) is 0 Å². The molecule has 0 fully saturated rings. The Morgan fingerprint density at radius 3 is 1.43 bits per heavy atom. The fourth-order valence-electron chi connectivity index (χ4n) is 8.28. The maximum absolute atomic E-state index is 13.2. The van der Waals surface area contributed by atoms with Crippen molar-refractivity contribution in [3.05, 3.63) is 130 Å². The molecule has 0 aliphatic heterocycles. The van der Waals surface area contributed by atoms with Gasteiger partial charge < -0.3 is 41.7 Å². The molecule has 20 nitrogen and oxygen atoms in total. The number of carbonyl (C=O) groups is 12. The zero-order valence-electron chi connectivity index (χ0n) is 46.2. The van der Waals surface area contributed by atoms with Crippen molar-refractivity contribution in [3.8, 4) is 29.3 Å². The lowest BCUT2D eigenvalue weighted by Crippen LogP contribution is -2.46. The van der Waals surface area contributed by atoms with E-state index in [9.17, 15) is 62.6 Å². The van der Waals surface area contributed by atoms with E-state index in [0.717, 1.165) is 39.7 Å². The lowest BCUT2D eigenvalue weighted by atomic mass is 9.91. The molecule has 4 amide bonds. The zero-order chi connectivity index (χ0) is 61.6. The highest BCUT2D eigenvalue weighted by atomic mass is 32.1. The summed E-state index contributed by atoms with van der Waals surface area (Å²) in [6.07, 6.45) is -1.68. The average molecular weight is 1230 g/mol. The summed E-state index contributed by atoms with van der Waals surface area (Å²) in [5.41, 5.74) is 1.46. The number of aliphatic carboxylic acids is 4. The van der Waals surface area contributed by atoms with E-state index in [2.05, 4.69) is 33.4 Å². The van der Waals surface area contributed by atoms with Crippen LogP contribution in [0, 0.1) is 17.8 Å². The predicted octanol–water partition coefficient (Wildman–Crippen LogP) is 8.48. The van der Waals surface area contributed by atoms with E-state index in [1.165, 1.54) is 36.5 Å². The van der Waals surface area contributed by atoms with Crippen molar-refractivity contribution in [2.24, 2.45) is 17.8 Å². The van der Waals surface area contributed by atoms with Crippen molar-refractivity contribution in [1.82, 2.24) is 21.3 Å². The van der Waals surface area contributed by atoms with Crippen LogP contribution in [0.3, 0.4) is 0 Å². The maximum atomic E-state index is 13.2. The van der Waals surface area contributed by atoms with E-state index < -0.39 is 108 Å². The maximum Gasteiger partial charge on any atom is 0.326 e. The highest BCUT2D eigenvalue weighted by molar-refractivity contribution is 7.29. The predicted molar refractivity (Wildman–Crippen MR) is 318 cm³/mol. The summed E-state index contributed by atoms with van der Waals surface area (Å²) < 4.78 is 0. The Labute approximate surface area is 499 Å². The number of ketones is 4. The molecule has 0 radical (unpaired) electrons. The molecule has 4 heterocycles. The number of carboxylic acids is 4. The quantitative estimate of drug-likeness (QED) is 0.0184. The van der Waals surface area contributed by atoms with E-state index in [1.54, 1.807) is 96.3 Å². The molecular weight excluding hydrogens is 1160 g/mol. The molecule has 84 heavy (non-hydrogen) atoms. The van der Waals surface area contributed by atoms with E-state index >= 15 is 0 Å². The molecule has 2 unspecified atom stereocenters. The van der Waals surface area contributed by atoms with Crippen LogP contribution in [-0.4, -0.2) is 116 Å². The molecular formula is C60H64N4O16S4. The van der Waals surface area contributed by atoms with Gasteiger partial charge in [-0.05, 0) is 79.4 Å². The van der Waals surface area contributed by atoms with Gasteiger partial charge in [0.05, 0.1) is 47.1 Å². The molecule has 4 aromatic heterocycles. The van der Waals surface area contributed by atoms with Gasteiger partial charge in [0.2, 0.25) is 17.7 Å². The number of nitrogens with one attached hydrogen (secondary N) is 4. The highest BCUT2D eigenvalue weighted by Gasteiger charge is 2.32. The summed E-state index contributed by atoms with van der Waals surface area (Å²) in [5.74, 6) is -12.3. The smallest absolute Gasteiger partial charge is 0.326 e. The molecule has 0 aliphatic carbocycles. The Morgan fingerprint density at radius 2 is 0.929 bits per heavy atom. The summed E-state index contributed by atoms with van der Waals surface area (Å²) in [6, 6.07) is 29.6. The molecule has 0 saturated carbocycles. The Hall–Kier alpha value is -8.32. The first-order chi connectivity index (χ1) is 39.9. The first-order valence-electron chi connectivity index (χ1n) is 26.6. The second-order valence-electron chi connectivity index (χ2n) is 19.5. The summed E-state index contributed by atoms with van der Waals surface area (Å²) in [5, 5.41) is 46.5. The fourth-order valence-corrected chi connectivity index (χ4v) is 12.5. The third-order valence-corrected chi connectivity index (χ3v) is 17.9. The summed E-state index contributed by atoms with van der Waals surface area (Å²) in [6.45, 7) is 6.21. The first kappa shape index (κ1) is 66.5. The van der Waals surface area contributed by atoms with Crippen LogP contribution in [0.1, 0.15) is 103 Å². The average Bonchev–Trinajstić information content (AvgIpc) is 4.49. The summed E-state index contributed by atoms with van der Waals surface area (Å²) >= 11 is 6.05. The van der Waals surface area contributed by atoms with Crippen LogP contribution >= 0.6 is 45.3 Å². The fraction of sp³-hybridized carbons (Fsp3) is 0.333. The number of thiophene rings is 4. The third-order valence-electron chi connectivity index (χ3n) is 12.9. The normalized spacial score (nSPS) is 13.0. The second-order valence-corrected chi connectivity index (χ2v) is 23.8. The van der Waals surface area contributed by atoms with Crippen LogP contribution in [0.25, 0.3) is 29.3 Å². The van der Waals surface area contributed by atoms with Gasteiger partial charge in [-0.3, -0.25) is 52.7 Å². The minimum atomic E-state index is -1.61. The molecule has 24 heteroatoms. The van der Waals surface area contributed by atoms with Gasteiger partial charge in [-0.1, -0.05) is 81.4 Å². The Morgan fingerprint density at radius 1 is 0.452 bits per heavy atom. The van der Waals surface area contributed by atoms with Gasteiger partial charge in [0.25, 0.3) is 5.91 Å². The first-order valence-corrected chi connectivity index (χ1v) is 29.9.